The summed E-state index contributed by atoms with van der Waals surface area (Å²) in [5, 5.41) is 3.56. The quantitative estimate of drug-likeness (QED) is 0.189. The molecule has 0 radical (unpaired) electrons. The third kappa shape index (κ3) is 5.30. The summed E-state index contributed by atoms with van der Waals surface area (Å²) in [6, 6.07) is 20.7. The molecule has 1 unspecified atom stereocenters. The molecule has 260 valence electrons. The summed E-state index contributed by atoms with van der Waals surface area (Å²) in [7, 11) is -0.787. The lowest BCUT2D eigenvalue weighted by Crippen LogP contribution is -2.49. The molecular weight excluding hydrogens is 675 g/mol. The Balaban J connectivity index is 1.41. The summed E-state index contributed by atoms with van der Waals surface area (Å²) >= 11 is 0. The van der Waals surface area contributed by atoms with E-state index in [1.165, 1.54) is 20.2 Å². The minimum Gasteiger partial charge on any atom is -0.455 e. The number of hydrogen-bond donors (Lipinski definition) is 1. The van der Waals surface area contributed by atoms with Crippen molar-refractivity contribution in [3.63, 3.8) is 0 Å². The lowest BCUT2D eigenvalue weighted by Gasteiger charge is -2.38. The largest absolute Gasteiger partial charge is 0.455 e. The summed E-state index contributed by atoms with van der Waals surface area (Å²) in [5.41, 5.74) is 5.62. The lowest BCUT2D eigenvalue weighted by molar-refractivity contribution is 0.0300. The SMILES string of the molecule is CNC(=O)c1c(-c2ccc(C)cc2)oc2cc(N(C)S(C)(=O)=O)c(-c3ccc4nc(C(C)N5CC(F)C5)n5c6cccc(F)c6cc5c4n3)cc12. The van der Waals surface area contributed by atoms with Crippen LogP contribution in [-0.4, -0.2) is 73.2 Å². The molecule has 0 saturated carbocycles. The molecule has 1 atom stereocenters. The number of fused-ring (bicyclic) bond motifs is 6. The summed E-state index contributed by atoms with van der Waals surface area (Å²) in [4.78, 5) is 25.5. The van der Waals surface area contributed by atoms with Gasteiger partial charge >= 0.3 is 0 Å². The number of hydrogen-bond acceptors (Lipinski definition) is 7. The van der Waals surface area contributed by atoms with Gasteiger partial charge in [-0.3, -0.25) is 18.4 Å². The second-order valence-electron chi connectivity index (χ2n) is 13.1. The van der Waals surface area contributed by atoms with Gasteiger partial charge in [0.2, 0.25) is 10.0 Å². The molecule has 8 rings (SSSR count). The van der Waals surface area contributed by atoms with Gasteiger partial charge in [0, 0.05) is 55.2 Å². The zero-order valence-corrected chi connectivity index (χ0v) is 29.3. The Hall–Kier alpha value is -5.40. The number of nitrogens with zero attached hydrogens (tertiary/aromatic N) is 5. The van der Waals surface area contributed by atoms with Crippen molar-refractivity contribution in [2.24, 2.45) is 0 Å². The van der Waals surface area contributed by atoms with Crippen LogP contribution in [0, 0.1) is 12.7 Å². The number of nitrogens with one attached hydrogen (secondary N) is 1. The Morgan fingerprint density at radius 3 is 2.45 bits per heavy atom. The monoisotopic (exact) mass is 708 g/mol. The molecule has 4 aromatic heterocycles. The number of rotatable bonds is 7. The maximum absolute atomic E-state index is 15.2. The highest BCUT2D eigenvalue weighted by Gasteiger charge is 2.33. The molecule has 3 aromatic carbocycles. The van der Waals surface area contributed by atoms with Crippen LogP contribution in [0.4, 0.5) is 14.5 Å². The second kappa shape index (κ2) is 11.8. The van der Waals surface area contributed by atoms with Crippen molar-refractivity contribution >= 4 is 60.0 Å². The molecule has 1 aliphatic heterocycles. The molecule has 0 spiro atoms. The van der Waals surface area contributed by atoms with Gasteiger partial charge in [-0.2, -0.15) is 0 Å². The molecule has 51 heavy (non-hydrogen) atoms. The Morgan fingerprint density at radius 2 is 1.76 bits per heavy atom. The fraction of sp³-hybridized carbons (Fsp3) is 0.237. The van der Waals surface area contributed by atoms with E-state index in [1.54, 1.807) is 36.4 Å². The number of aryl methyl sites for hydroxylation is 1. The van der Waals surface area contributed by atoms with E-state index in [4.69, 9.17) is 14.4 Å². The number of carbonyl (C=O) groups is 1. The Labute approximate surface area is 292 Å². The molecule has 5 heterocycles. The number of amides is 1. The van der Waals surface area contributed by atoms with E-state index < -0.39 is 22.0 Å². The van der Waals surface area contributed by atoms with Crippen LogP contribution in [-0.2, 0) is 10.0 Å². The number of carbonyl (C=O) groups excluding carboxylic acids is 1. The first-order chi connectivity index (χ1) is 24.3. The van der Waals surface area contributed by atoms with E-state index in [9.17, 15) is 17.6 Å². The number of likely N-dealkylation sites (tertiary alicyclic amines) is 1. The van der Waals surface area contributed by atoms with E-state index in [-0.39, 0.29) is 30.7 Å². The number of halogens is 2. The molecule has 7 aromatic rings. The van der Waals surface area contributed by atoms with Crippen LogP contribution in [0.2, 0.25) is 0 Å². The number of alkyl halides is 1. The van der Waals surface area contributed by atoms with Crippen molar-refractivity contribution in [1.29, 1.82) is 0 Å². The van der Waals surface area contributed by atoms with Crippen molar-refractivity contribution in [3.05, 3.63) is 95.6 Å². The molecule has 1 N–H and O–H groups in total. The van der Waals surface area contributed by atoms with Gasteiger partial charge in [-0.05, 0) is 50.2 Å². The second-order valence-corrected chi connectivity index (χ2v) is 15.2. The first-order valence-electron chi connectivity index (χ1n) is 16.5. The molecule has 1 aliphatic rings. The summed E-state index contributed by atoms with van der Waals surface area (Å²) in [6.07, 6.45) is 0.195. The number of aromatic nitrogens is 3. The topological polar surface area (TPSA) is 113 Å². The molecule has 0 bridgehead atoms. The minimum absolute atomic E-state index is 0.271. The van der Waals surface area contributed by atoms with Crippen molar-refractivity contribution in [3.8, 4) is 22.6 Å². The molecule has 1 amide bonds. The number of pyridine rings is 1. The van der Waals surface area contributed by atoms with Gasteiger partial charge in [-0.1, -0.05) is 35.9 Å². The zero-order valence-electron chi connectivity index (χ0n) is 28.5. The Morgan fingerprint density at radius 1 is 1.02 bits per heavy atom. The summed E-state index contributed by atoms with van der Waals surface area (Å²) in [5.74, 6) is 0.189. The van der Waals surface area contributed by atoms with Crippen LogP contribution in [0.1, 0.15) is 34.7 Å². The third-order valence-electron chi connectivity index (χ3n) is 9.85. The van der Waals surface area contributed by atoms with E-state index in [1.807, 2.05) is 53.5 Å². The van der Waals surface area contributed by atoms with Crippen molar-refractivity contribution in [2.45, 2.75) is 26.1 Å². The highest BCUT2D eigenvalue weighted by atomic mass is 32.2. The zero-order chi connectivity index (χ0) is 35.9. The molecule has 0 aliphatic carbocycles. The van der Waals surface area contributed by atoms with E-state index >= 15 is 4.39 Å². The van der Waals surface area contributed by atoms with Crippen LogP contribution in [0.15, 0.2) is 77.2 Å². The third-order valence-corrected chi connectivity index (χ3v) is 11.0. The van der Waals surface area contributed by atoms with Gasteiger partial charge in [0.25, 0.3) is 5.91 Å². The first kappa shape index (κ1) is 32.8. The summed E-state index contributed by atoms with van der Waals surface area (Å²) < 4.78 is 64.5. The Bertz CT molecular complexity index is 2670. The number of furan rings is 1. The van der Waals surface area contributed by atoms with Gasteiger partial charge in [0.1, 0.15) is 34.7 Å². The summed E-state index contributed by atoms with van der Waals surface area (Å²) in [6.45, 7) is 4.48. The minimum atomic E-state index is -3.76. The smallest absolute Gasteiger partial charge is 0.255 e. The van der Waals surface area contributed by atoms with E-state index in [0.29, 0.717) is 72.4 Å². The fourth-order valence-corrected chi connectivity index (χ4v) is 7.43. The van der Waals surface area contributed by atoms with Crippen molar-refractivity contribution in [1.82, 2.24) is 24.6 Å². The maximum atomic E-state index is 15.2. The normalized spacial score (nSPS) is 14.8. The standard InChI is InChI=1S/C38H34F2N6O4S/c1-20-9-11-22(12-10-20)36-34(38(47)41-3)26-15-25(31(17-33(26)50-36)44(4)51(5,48)49)28-13-14-29-35(42-28)32-16-24-27(40)7-6-8-30(24)46(32)37(43-29)21(2)45-18-23(39)19-45/h6-17,21,23H,18-19H2,1-5H3,(H,41,47). The lowest BCUT2D eigenvalue weighted by atomic mass is 10.00. The molecule has 1 saturated heterocycles. The predicted molar refractivity (Wildman–Crippen MR) is 195 cm³/mol. The van der Waals surface area contributed by atoms with Crippen LogP contribution >= 0.6 is 0 Å². The van der Waals surface area contributed by atoms with E-state index in [0.717, 1.165) is 16.1 Å². The van der Waals surface area contributed by atoms with Gasteiger partial charge in [0.15, 0.2) is 0 Å². The first-order valence-corrected chi connectivity index (χ1v) is 18.3. The van der Waals surface area contributed by atoms with Crippen LogP contribution in [0.5, 0.6) is 0 Å². The van der Waals surface area contributed by atoms with E-state index in [2.05, 4.69) is 5.32 Å². The highest BCUT2D eigenvalue weighted by Crippen LogP contribution is 2.42. The van der Waals surface area contributed by atoms with Gasteiger partial charge in [-0.15, -0.1) is 0 Å². The number of anilines is 1. The molecule has 10 nitrogen and oxygen atoms in total. The van der Waals surface area contributed by atoms with Crippen molar-refractivity contribution in [2.75, 3.05) is 37.7 Å². The Kier molecular flexibility index (Phi) is 7.61. The predicted octanol–water partition coefficient (Wildman–Crippen LogP) is 7.03. The maximum Gasteiger partial charge on any atom is 0.255 e. The van der Waals surface area contributed by atoms with Gasteiger partial charge < -0.3 is 9.73 Å². The van der Waals surface area contributed by atoms with Crippen molar-refractivity contribution < 1.29 is 26.4 Å². The molecule has 13 heteroatoms. The van der Waals surface area contributed by atoms with Crippen LogP contribution in [0.3, 0.4) is 0 Å². The molecular formula is C38H34F2N6O4S. The fourth-order valence-electron chi connectivity index (χ4n) is 6.92. The average molecular weight is 709 g/mol. The highest BCUT2D eigenvalue weighted by molar-refractivity contribution is 7.92. The average Bonchev–Trinajstić information content (AvgIpc) is 3.68. The van der Waals surface area contributed by atoms with Gasteiger partial charge in [0.05, 0.1) is 45.8 Å². The number of sulfonamides is 1. The molecule has 1 fully saturated rings. The number of benzene rings is 3. The van der Waals surface area contributed by atoms with Crippen LogP contribution in [0.25, 0.3) is 61.0 Å². The van der Waals surface area contributed by atoms with Gasteiger partial charge in [-0.25, -0.2) is 27.2 Å². The van der Waals surface area contributed by atoms with Crippen LogP contribution < -0.4 is 9.62 Å².